The number of guanidine groups is 1. The number of fused-ring (bicyclic) bond motifs is 1. The Morgan fingerprint density at radius 2 is 2.09 bits per heavy atom. The number of aliphatic imine (C=N–C) groups is 1. The summed E-state index contributed by atoms with van der Waals surface area (Å²) in [7, 11) is 1.44. The number of pyridine rings is 1. The van der Waals surface area contributed by atoms with Crippen LogP contribution in [0.15, 0.2) is 21.6 Å². The second-order valence-electron chi connectivity index (χ2n) is 6.52. The van der Waals surface area contributed by atoms with Gasteiger partial charge in [0.1, 0.15) is 29.3 Å². The van der Waals surface area contributed by atoms with Gasteiger partial charge in [0.15, 0.2) is 24.3 Å². The largest absolute Gasteiger partial charge is 0.493 e. The highest BCUT2D eigenvalue weighted by atomic mass is 79.9. The van der Waals surface area contributed by atoms with Gasteiger partial charge in [0.05, 0.1) is 19.4 Å². The molecule has 0 saturated carbocycles. The molecule has 0 spiro atoms. The number of rotatable bonds is 6. The summed E-state index contributed by atoms with van der Waals surface area (Å²) < 4.78 is 16.4. The Bertz CT molecular complexity index is 1220. The maximum atomic E-state index is 11.7. The summed E-state index contributed by atoms with van der Waals surface area (Å²) in [6.45, 7) is 1.63. The third kappa shape index (κ3) is 4.68. The van der Waals surface area contributed by atoms with E-state index in [-0.39, 0.29) is 47.8 Å². The number of aromatic nitrogens is 1. The van der Waals surface area contributed by atoms with E-state index >= 15 is 0 Å². The molecule has 12 nitrogen and oxygen atoms in total. The Morgan fingerprint density at radius 3 is 2.73 bits per heavy atom. The van der Waals surface area contributed by atoms with Crippen molar-refractivity contribution in [3.05, 3.63) is 33.3 Å². The molecule has 0 fully saturated rings. The van der Waals surface area contributed by atoms with Crippen LogP contribution in [0.2, 0.25) is 0 Å². The normalized spacial score (nSPS) is 14.0. The van der Waals surface area contributed by atoms with Crippen molar-refractivity contribution in [3.63, 3.8) is 0 Å². The van der Waals surface area contributed by atoms with Crippen LogP contribution < -0.4 is 31.6 Å². The molecule has 1 atom stereocenters. The van der Waals surface area contributed by atoms with Crippen LogP contribution in [0.5, 0.6) is 11.5 Å². The van der Waals surface area contributed by atoms with Crippen LogP contribution in [0.3, 0.4) is 0 Å². The topological polar surface area (TPSA) is 194 Å². The van der Waals surface area contributed by atoms with Crippen molar-refractivity contribution in [1.29, 1.82) is 10.5 Å². The van der Waals surface area contributed by atoms with E-state index in [1.807, 2.05) is 6.07 Å². The summed E-state index contributed by atoms with van der Waals surface area (Å²) >= 11 is 3.49. The number of esters is 1. The van der Waals surface area contributed by atoms with Crippen molar-refractivity contribution in [2.75, 3.05) is 37.1 Å². The number of halogens is 1. The molecule has 2 heterocycles. The van der Waals surface area contributed by atoms with Crippen LogP contribution in [0, 0.1) is 22.8 Å². The summed E-state index contributed by atoms with van der Waals surface area (Å²) in [6.07, 6.45) is 1.79. The van der Waals surface area contributed by atoms with Crippen molar-refractivity contribution in [2.24, 2.45) is 4.99 Å². The molecule has 1 aromatic heterocycles. The predicted molar refractivity (Wildman–Crippen MR) is 122 cm³/mol. The molecule has 13 heteroatoms. The number of benzene rings is 1. The molecule has 0 radical (unpaired) electrons. The zero-order chi connectivity index (χ0) is 24.1. The fourth-order valence-electron chi connectivity index (χ4n) is 3.18. The Morgan fingerprint density at radius 1 is 1.33 bits per heavy atom. The Balaban J connectivity index is 2.12. The lowest BCUT2D eigenvalue weighted by Crippen LogP contribution is -2.32. The molecule has 33 heavy (non-hydrogen) atoms. The number of anilines is 3. The summed E-state index contributed by atoms with van der Waals surface area (Å²) in [5.74, 6) is 0.373. The maximum absolute atomic E-state index is 11.7. The first-order valence-corrected chi connectivity index (χ1v) is 10.3. The van der Waals surface area contributed by atoms with Gasteiger partial charge in [-0.25, -0.2) is 14.8 Å². The fraction of sp³-hybridized carbons (Fsp3) is 0.250. The molecule has 0 amide bonds. The minimum atomic E-state index is -0.792. The number of nitriles is 2. The first-order valence-electron chi connectivity index (χ1n) is 9.49. The first-order chi connectivity index (χ1) is 15.8. The number of ether oxygens (including phenoxy) is 3. The lowest BCUT2D eigenvalue weighted by Gasteiger charge is -2.27. The van der Waals surface area contributed by atoms with Gasteiger partial charge in [0, 0.05) is 10.0 Å². The monoisotopic (exact) mass is 514 g/mol. The zero-order valence-electron chi connectivity index (χ0n) is 17.6. The third-order valence-corrected chi connectivity index (χ3v) is 5.27. The number of nitrogen functional groups attached to an aromatic ring is 2. The number of nitrogens with one attached hydrogen (secondary N) is 2. The van der Waals surface area contributed by atoms with Crippen molar-refractivity contribution < 1.29 is 19.0 Å². The Labute approximate surface area is 197 Å². The van der Waals surface area contributed by atoms with E-state index in [0.717, 1.165) is 0 Å². The van der Waals surface area contributed by atoms with Gasteiger partial charge in [-0.3, -0.25) is 5.32 Å². The molecular weight excluding hydrogens is 496 g/mol. The van der Waals surface area contributed by atoms with Gasteiger partial charge in [-0.15, -0.1) is 0 Å². The van der Waals surface area contributed by atoms with Gasteiger partial charge in [-0.05, 0) is 24.6 Å². The Hall–Kier alpha value is -4.23. The average molecular weight is 515 g/mol. The highest BCUT2D eigenvalue weighted by Gasteiger charge is 2.31. The van der Waals surface area contributed by atoms with Crippen LogP contribution in [-0.2, 0) is 9.53 Å². The number of methoxy groups -OCH3 is 1. The zero-order valence-corrected chi connectivity index (χ0v) is 19.2. The van der Waals surface area contributed by atoms with Crippen molar-refractivity contribution in [3.8, 4) is 23.8 Å². The predicted octanol–water partition coefficient (Wildman–Crippen LogP) is 1.77. The van der Waals surface area contributed by atoms with E-state index < -0.39 is 12.0 Å². The number of carbonyl (C=O) groups excluding carboxylic acids is 1. The molecule has 1 aliphatic heterocycles. The quantitative estimate of drug-likeness (QED) is 0.249. The van der Waals surface area contributed by atoms with Gasteiger partial charge >= 0.3 is 5.97 Å². The van der Waals surface area contributed by atoms with Crippen LogP contribution >= 0.6 is 15.9 Å². The molecule has 0 aliphatic carbocycles. The summed E-state index contributed by atoms with van der Waals surface area (Å²) in [4.78, 5) is 20.4. The lowest BCUT2D eigenvalue weighted by atomic mass is 9.95. The highest BCUT2D eigenvalue weighted by molar-refractivity contribution is 9.10. The number of nitrogens with zero attached hydrogens (tertiary/aromatic N) is 4. The summed E-state index contributed by atoms with van der Waals surface area (Å²) in [6, 6.07) is 4.40. The smallest absolute Gasteiger partial charge is 0.344 e. The number of hydrogen-bond acceptors (Lipinski definition) is 12. The van der Waals surface area contributed by atoms with Crippen LogP contribution in [0.4, 0.5) is 17.3 Å². The highest BCUT2D eigenvalue weighted by Crippen LogP contribution is 2.45. The minimum Gasteiger partial charge on any atom is -0.493 e. The van der Waals surface area contributed by atoms with Gasteiger partial charge in [-0.1, -0.05) is 15.9 Å². The second-order valence-corrected chi connectivity index (χ2v) is 7.37. The molecule has 2 aromatic rings. The molecule has 0 bridgehead atoms. The van der Waals surface area contributed by atoms with E-state index in [4.69, 9.17) is 30.9 Å². The molecular formula is C20H19BrN8O4. The molecule has 1 aliphatic rings. The van der Waals surface area contributed by atoms with Crippen molar-refractivity contribution >= 4 is 45.2 Å². The average Bonchev–Trinajstić information content (AvgIpc) is 2.77. The van der Waals surface area contributed by atoms with Gasteiger partial charge in [0.25, 0.3) is 0 Å². The summed E-state index contributed by atoms with van der Waals surface area (Å²) in [5, 5.41) is 23.8. The van der Waals surface area contributed by atoms with E-state index in [2.05, 4.69) is 36.5 Å². The third-order valence-electron chi connectivity index (χ3n) is 4.59. The molecule has 1 unspecified atom stereocenters. The van der Waals surface area contributed by atoms with Gasteiger partial charge in [-0.2, -0.15) is 10.5 Å². The van der Waals surface area contributed by atoms with Gasteiger partial charge in [0.2, 0.25) is 5.96 Å². The number of hydrogen-bond donors (Lipinski definition) is 4. The Kier molecular flexibility index (Phi) is 7.05. The molecule has 0 saturated heterocycles. The van der Waals surface area contributed by atoms with Crippen molar-refractivity contribution in [2.45, 2.75) is 13.0 Å². The van der Waals surface area contributed by atoms with Crippen LogP contribution in [0.1, 0.15) is 29.7 Å². The van der Waals surface area contributed by atoms with E-state index in [1.165, 1.54) is 7.11 Å². The lowest BCUT2D eigenvalue weighted by molar-refractivity contribution is -0.145. The number of carbonyl (C=O) groups is 1. The number of nitrogens with two attached hydrogens (primary N) is 2. The minimum absolute atomic E-state index is 0.0184. The summed E-state index contributed by atoms with van der Waals surface area (Å²) in [5.41, 5.74) is 13.2. The molecule has 170 valence electrons. The second kappa shape index (κ2) is 9.93. The van der Waals surface area contributed by atoms with E-state index in [9.17, 15) is 10.1 Å². The maximum Gasteiger partial charge on any atom is 0.344 e. The molecule has 6 N–H and O–H groups in total. The van der Waals surface area contributed by atoms with Crippen LogP contribution in [0.25, 0.3) is 0 Å². The van der Waals surface area contributed by atoms with Crippen molar-refractivity contribution in [1.82, 2.24) is 10.3 Å². The standard InChI is InChI=1S/C20H19BrN8O4/c1-3-32-14(30)7-33-13-5-11(21)9(4-12(13)31-2)17-15-16(24)10(6-22)18(25)28-19(15)29-20(27-17)26-8-23/h4-5,17H,3,7H2,1-2H3,(H6,24,25,26,27,28,29). The SMILES string of the molecule is CCOC(=O)COc1cc(Br)c(C2N=C(NC#N)Nc3nc(N)c(C#N)c(N)c32)cc1OC. The van der Waals surface area contributed by atoms with E-state index in [1.54, 1.807) is 25.2 Å². The van der Waals surface area contributed by atoms with Crippen LogP contribution in [-0.4, -0.2) is 37.2 Å². The fourth-order valence-corrected chi connectivity index (χ4v) is 3.72. The van der Waals surface area contributed by atoms with E-state index in [0.29, 0.717) is 21.3 Å². The van der Waals surface area contributed by atoms with Gasteiger partial charge < -0.3 is 31.0 Å². The molecule has 3 rings (SSSR count). The first kappa shape index (κ1) is 23.4. The molecule has 1 aromatic carbocycles.